The highest BCUT2D eigenvalue weighted by Crippen LogP contribution is 1.89. The number of rotatable bonds is 4. The maximum Gasteiger partial charge on any atom is 0.0605 e. The molecule has 0 aliphatic carbocycles. The van der Waals surface area contributed by atoms with Crippen LogP contribution >= 0.6 is 0 Å². The van der Waals surface area contributed by atoms with E-state index in [1.54, 1.807) is 13.8 Å². The summed E-state index contributed by atoms with van der Waals surface area (Å²) < 4.78 is 0. The zero-order valence-electron chi connectivity index (χ0n) is 11.9. The first-order chi connectivity index (χ1) is 8.30. The third-order valence-electron chi connectivity index (χ3n) is 0.908. The summed E-state index contributed by atoms with van der Waals surface area (Å²) in [5.74, 6) is 0. The number of nitrogens with two attached hydrogens (primary N) is 7. The van der Waals surface area contributed by atoms with Crippen LogP contribution in [0.4, 0.5) is 0 Å². The SMILES string of the molecule is CC(C)(N)CO.NCCN.NCCN.NCCN. The van der Waals surface area contributed by atoms with Crippen molar-refractivity contribution in [1.29, 1.82) is 0 Å². The van der Waals surface area contributed by atoms with Gasteiger partial charge in [0, 0.05) is 44.8 Å². The largest absolute Gasteiger partial charge is 0.394 e. The van der Waals surface area contributed by atoms with E-state index in [1.807, 2.05) is 0 Å². The van der Waals surface area contributed by atoms with Crippen molar-refractivity contribution < 1.29 is 5.11 Å². The van der Waals surface area contributed by atoms with Crippen molar-refractivity contribution in [3.63, 3.8) is 0 Å². The second kappa shape index (κ2) is 25.5. The Balaban J connectivity index is -0.0000000742. The first-order valence-electron chi connectivity index (χ1n) is 5.91. The van der Waals surface area contributed by atoms with Crippen molar-refractivity contribution in [3.8, 4) is 0 Å². The van der Waals surface area contributed by atoms with Gasteiger partial charge in [-0.15, -0.1) is 0 Å². The average molecular weight is 269 g/mol. The predicted octanol–water partition coefficient (Wildman–Crippen LogP) is -3.57. The number of aliphatic hydroxyl groups is 1. The molecule has 0 aromatic carbocycles. The molecule has 0 rings (SSSR count). The molecule has 0 spiro atoms. The van der Waals surface area contributed by atoms with E-state index in [1.165, 1.54) is 0 Å². The monoisotopic (exact) mass is 269 g/mol. The zero-order chi connectivity index (χ0) is 15.4. The number of hydrogen-bond donors (Lipinski definition) is 8. The molecule has 8 nitrogen and oxygen atoms in total. The van der Waals surface area contributed by atoms with Gasteiger partial charge in [-0.3, -0.25) is 0 Å². The van der Waals surface area contributed by atoms with Crippen LogP contribution in [-0.4, -0.2) is 56.5 Å². The topological polar surface area (TPSA) is 202 Å². The molecule has 0 aromatic heterocycles. The minimum absolute atomic E-state index is 0.0486. The Bertz CT molecular complexity index is 93.4. The van der Waals surface area contributed by atoms with Gasteiger partial charge in [0.15, 0.2) is 0 Å². The zero-order valence-corrected chi connectivity index (χ0v) is 11.9. The molecule has 0 radical (unpaired) electrons. The Morgan fingerprint density at radius 3 is 0.778 bits per heavy atom. The van der Waals surface area contributed by atoms with Gasteiger partial charge in [-0.25, -0.2) is 0 Å². The lowest BCUT2D eigenvalue weighted by Gasteiger charge is -2.12. The first-order valence-corrected chi connectivity index (χ1v) is 5.91. The van der Waals surface area contributed by atoms with Crippen molar-refractivity contribution in [1.82, 2.24) is 0 Å². The van der Waals surface area contributed by atoms with Crippen LogP contribution in [0.5, 0.6) is 0 Å². The summed E-state index contributed by atoms with van der Waals surface area (Å²) in [6.45, 7) is 7.17. The van der Waals surface area contributed by atoms with Crippen molar-refractivity contribution >= 4 is 0 Å². The highest BCUT2D eigenvalue weighted by Gasteiger charge is 2.05. The Labute approximate surface area is 111 Å². The van der Waals surface area contributed by atoms with Gasteiger partial charge in [0.25, 0.3) is 0 Å². The maximum atomic E-state index is 8.28. The highest BCUT2D eigenvalue weighted by atomic mass is 16.3. The van der Waals surface area contributed by atoms with Crippen LogP contribution in [0.2, 0.25) is 0 Å². The molecule has 15 N–H and O–H groups in total. The molecule has 116 valence electrons. The van der Waals surface area contributed by atoms with E-state index < -0.39 is 5.54 Å². The van der Waals surface area contributed by atoms with Gasteiger partial charge in [0.2, 0.25) is 0 Å². The molecule has 0 saturated heterocycles. The van der Waals surface area contributed by atoms with E-state index >= 15 is 0 Å². The van der Waals surface area contributed by atoms with E-state index in [0.29, 0.717) is 39.3 Å². The van der Waals surface area contributed by atoms with Crippen LogP contribution in [0.25, 0.3) is 0 Å². The van der Waals surface area contributed by atoms with Crippen LogP contribution in [0.15, 0.2) is 0 Å². The third kappa shape index (κ3) is 105. The molecule has 0 aliphatic heterocycles. The number of hydrogen-bond acceptors (Lipinski definition) is 8. The molecular weight excluding hydrogens is 234 g/mol. The molecule has 0 unspecified atom stereocenters. The van der Waals surface area contributed by atoms with Crippen LogP contribution < -0.4 is 40.1 Å². The fourth-order valence-electron chi connectivity index (χ4n) is 0. The molecule has 0 saturated carbocycles. The second-order valence-corrected chi connectivity index (χ2v) is 3.88. The average Bonchev–Trinajstić information content (AvgIpc) is 2.38. The van der Waals surface area contributed by atoms with Gasteiger partial charge in [-0.1, -0.05) is 0 Å². The van der Waals surface area contributed by atoms with Crippen LogP contribution in [0.3, 0.4) is 0 Å². The number of aliphatic hydroxyl groups excluding tert-OH is 1. The summed E-state index contributed by atoms with van der Waals surface area (Å²) in [6, 6.07) is 0. The van der Waals surface area contributed by atoms with Gasteiger partial charge in [0.1, 0.15) is 0 Å². The molecular formula is C10H35N7O. The lowest BCUT2D eigenvalue weighted by Crippen LogP contribution is -2.35. The van der Waals surface area contributed by atoms with E-state index in [4.69, 9.17) is 45.2 Å². The van der Waals surface area contributed by atoms with E-state index in [2.05, 4.69) is 0 Å². The Hall–Kier alpha value is -0.320. The molecule has 0 fully saturated rings. The first kappa shape index (κ1) is 26.3. The van der Waals surface area contributed by atoms with E-state index in [9.17, 15) is 0 Å². The smallest absolute Gasteiger partial charge is 0.0605 e. The fraction of sp³-hybridized carbons (Fsp3) is 1.00. The van der Waals surface area contributed by atoms with Crippen molar-refractivity contribution in [2.24, 2.45) is 40.1 Å². The summed E-state index contributed by atoms with van der Waals surface area (Å²) in [4.78, 5) is 0. The lowest BCUT2D eigenvalue weighted by molar-refractivity contribution is 0.221. The van der Waals surface area contributed by atoms with Crippen LogP contribution in [-0.2, 0) is 0 Å². The van der Waals surface area contributed by atoms with E-state index in [-0.39, 0.29) is 6.61 Å². The summed E-state index contributed by atoms with van der Waals surface area (Å²) in [7, 11) is 0. The van der Waals surface area contributed by atoms with E-state index in [0.717, 1.165) is 0 Å². The Morgan fingerprint density at radius 2 is 0.778 bits per heavy atom. The molecule has 0 atom stereocenters. The maximum absolute atomic E-state index is 8.28. The molecule has 0 amide bonds. The van der Waals surface area contributed by atoms with Crippen molar-refractivity contribution in [3.05, 3.63) is 0 Å². The Morgan fingerprint density at radius 1 is 0.667 bits per heavy atom. The quantitative estimate of drug-likeness (QED) is 0.256. The van der Waals surface area contributed by atoms with Gasteiger partial charge < -0.3 is 45.2 Å². The summed E-state index contributed by atoms with van der Waals surface area (Å²) >= 11 is 0. The molecule has 18 heavy (non-hydrogen) atoms. The standard InChI is InChI=1S/C4H11NO.3C2H8N2/c1-4(2,5)3-6;3*3-1-2-4/h6H,3,5H2,1-2H3;3*1-4H2. The molecule has 0 bridgehead atoms. The molecule has 0 aromatic rings. The van der Waals surface area contributed by atoms with Gasteiger partial charge in [-0.05, 0) is 13.8 Å². The van der Waals surface area contributed by atoms with Gasteiger partial charge >= 0.3 is 0 Å². The van der Waals surface area contributed by atoms with Crippen LogP contribution in [0.1, 0.15) is 13.8 Å². The predicted molar refractivity (Wildman–Crippen MR) is 79.7 cm³/mol. The third-order valence-corrected chi connectivity index (χ3v) is 0.908. The second-order valence-electron chi connectivity index (χ2n) is 3.88. The molecule has 0 aliphatic rings. The summed E-state index contributed by atoms with van der Waals surface area (Å²) in [6.07, 6.45) is 0. The van der Waals surface area contributed by atoms with Crippen molar-refractivity contribution in [2.75, 3.05) is 45.9 Å². The molecule has 8 heteroatoms. The van der Waals surface area contributed by atoms with Crippen molar-refractivity contribution in [2.45, 2.75) is 19.4 Å². The minimum atomic E-state index is -0.403. The van der Waals surface area contributed by atoms with Crippen LogP contribution in [0, 0.1) is 0 Å². The van der Waals surface area contributed by atoms with Gasteiger partial charge in [0.05, 0.1) is 6.61 Å². The highest BCUT2D eigenvalue weighted by molar-refractivity contribution is 4.67. The minimum Gasteiger partial charge on any atom is -0.394 e. The lowest BCUT2D eigenvalue weighted by atomic mass is 10.1. The fourth-order valence-corrected chi connectivity index (χ4v) is 0. The Kier molecular flexibility index (Phi) is 37.2. The summed E-state index contributed by atoms with van der Waals surface area (Å²) in [5.41, 5.74) is 34.3. The normalized spacial score (nSPS) is 9.00. The van der Waals surface area contributed by atoms with Gasteiger partial charge in [-0.2, -0.15) is 0 Å². The molecule has 0 heterocycles. The summed E-state index contributed by atoms with van der Waals surface area (Å²) in [5, 5.41) is 8.28.